The van der Waals surface area contributed by atoms with E-state index >= 15 is 0 Å². The Morgan fingerprint density at radius 2 is 1.92 bits per heavy atom. The Hall–Kier alpha value is -2.11. The van der Waals surface area contributed by atoms with Crippen LogP contribution in [-0.4, -0.2) is 53.9 Å². The van der Waals surface area contributed by atoms with Crippen molar-refractivity contribution in [3.8, 4) is 5.75 Å². The summed E-state index contributed by atoms with van der Waals surface area (Å²) in [5, 5.41) is 6.19. The van der Waals surface area contributed by atoms with Crippen LogP contribution in [0.1, 0.15) is 55.3 Å². The zero-order valence-electron chi connectivity index (χ0n) is 20.1. The number of ether oxygens (including phenoxy) is 2. The molecule has 2 aromatic rings. The molecule has 7 rings (SSSR count). The number of hydrogen-bond donors (Lipinski definition) is 2. The van der Waals surface area contributed by atoms with E-state index in [0.717, 1.165) is 19.3 Å². The lowest BCUT2D eigenvalue weighted by atomic mass is 9.70. The van der Waals surface area contributed by atoms with Gasteiger partial charge in [0.2, 0.25) is 5.91 Å². The molecule has 2 aliphatic heterocycles. The van der Waals surface area contributed by atoms with Crippen LogP contribution >= 0.6 is 22.9 Å². The molecule has 0 radical (unpaired) electrons. The second kappa shape index (κ2) is 8.71. The summed E-state index contributed by atoms with van der Waals surface area (Å²) in [4.78, 5) is 31.5. The van der Waals surface area contributed by atoms with Crippen LogP contribution in [0.25, 0.3) is 10.2 Å². The molecule has 5 fully saturated rings. The molecule has 200 valence electrons. The third kappa shape index (κ3) is 3.99. The Morgan fingerprint density at radius 3 is 2.57 bits per heavy atom. The Bertz CT molecular complexity index is 1240. The van der Waals surface area contributed by atoms with Gasteiger partial charge in [-0.15, -0.1) is 11.3 Å². The number of fused-ring (bicyclic) bond motifs is 6. The average molecular weight is 558 g/mol. The summed E-state index contributed by atoms with van der Waals surface area (Å²) >= 11 is 7.30. The number of methoxy groups -OCH3 is 1. The Balaban J connectivity index is 1.22. The fourth-order valence-electron chi connectivity index (χ4n) is 7.00. The topological polar surface area (TPSA) is 89.5 Å². The number of carbonyl (C=O) groups is 2. The van der Waals surface area contributed by atoms with E-state index in [2.05, 4.69) is 15.6 Å². The molecule has 5 aliphatic rings. The SMILES string of the molecule is COc1ccc2nc(Cl)sc2c1C(=O)N[C@@H]1[C@H]2CC[C@H](C2)[C@@H]1C(=O)NC12CCC(C(F)(F)F)(CC1)OC2. The Labute approximate surface area is 220 Å². The van der Waals surface area contributed by atoms with E-state index in [0.29, 0.717) is 26.0 Å². The van der Waals surface area contributed by atoms with Crippen LogP contribution in [-0.2, 0) is 9.53 Å². The molecule has 2 saturated heterocycles. The summed E-state index contributed by atoms with van der Waals surface area (Å²) in [6.45, 7) is -0.151. The Kier molecular flexibility index (Phi) is 5.93. The summed E-state index contributed by atoms with van der Waals surface area (Å²) in [6.07, 6.45) is -1.66. The zero-order chi connectivity index (χ0) is 26.2. The van der Waals surface area contributed by atoms with Crippen LogP contribution in [0, 0.1) is 17.8 Å². The maximum Gasteiger partial charge on any atom is 0.417 e. The molecular weight excluding hydrogens is 531 g/mol. The fraction of sp³-hybridized carbons (Fsp3) is 0.640. The minimum atomic E-state index is -4.42. The van der Waals surface area contributed by atoms with Crippen molar-refractivity contribution < 1.29 is 32.2 Å². The molecule has 2 amide bonds. The number of nitrogens with one attached hydrogen (secondary N) is 2. The van der Waals surface area contributed by atoms with Crippen molar-refractivity contribution in [2.24, 2.45) is 17.8 Å². The highest BCUT2D eigenvalue weighted by Crippen LogP contribution is 2.53. The van der Waals surface area contributed by atoms with E-state index in [9.17, 15) is 22.8 Å². The van der Waals surface area contributed by atoms with Crippen LogP contribution in [0.3, 0.4) is 0 Å². The molecule has 1 aromatic carbocycles. The van der Waals surface area contributed by atoms with Gasteiger partial charge in [0.05, 0.1) is 35.4 Å². The predicted molar refractivity (Wildman–Crippen MR) is 131 cm³/mol. The number of carbonyl (C=O) groups excluding carboxylic acids is 2. The van der Waals surface area contributed by atoms with E-state index in [1.165, 1.54) is 18.4 Å². The minimum absolute atomic E-state index is 0.115. The average Bonchev–Trinajstić information content (AvgIpc) is 3.57. The van der Waals surface area contributed by atoms with Crippen molar-refractivity contribution in [2.45, 2.75) is 68.3 Å². The molecule has 3 saturated carbocycles. The summed E-state index contributed by atoms with van der Waals surface area (Å²) in [7, 11) is 1.48. The molecule has 2 N–H and O–H groups in total. The van der Waals surface area contributed by atoms with Gasteiger partial charge < -0.3 is 20.1 Å². The molecule has 1 aromatic heterocycles. The number of hydrogen-bond acceptors (Lipinski definition) is 6. The van der Waals surface area contributed by atoms with Crippen molar-refractivity contribution in [3.63, 3.8) is 0 Å². The highest BCUT2D eigenvalue weighted by Gasteiger charge is 2.64. The van der Waals surface area contributed by atoms with Gasteiger partial charge in [-0.1, -0.05) is 11.6 Å². The van der Waals surface area contributed by atoms with Crippen LogP contribution in [0.5, 0.6) is 5.75 Å². The first-order valence-electron chi connectivity index (χ1n) is 12.5. The monoisotopic (exact) mass is 557 g/mol. The van der Waals surface area contributed by atoms with Crippen molar-refractivity contribution in [1.29, 1.82) is 0 Å². The van der Waals surface area contributed by atoms with Gasteiger partial charge in [-0.05, 0) is 68.9 Å². The first-order valence-corrected chi connectivity index (χ1v) is 13.7. The molecule has 4 bridgehead atoms. The number of benzene rings is 1. The summed E-state index contributed by atoms with van der Waals surface area (Å²) in [5.74, 6) is -0.362. The summed E-state index contributed by atoms with van der Waals surface area (Å²) < 4.78 is 52.4. The third-order valence-electron chi connectivity index (χ3n) is 9.00. The summed E-state index contributed by atoms with van der Waals surface area (Å²) in [5.41, 5.74) is -1.97. The zero-order valence-corrected chi connectivity index (χ0v) is 21.7. The van der Waals surface area contributed by atoms with Gasteiger partial charge >= 0.3 is 6.18 Å². The van der Waals surface area contributed by atoms with Gasteiger partial charge in [-0.3, -0.25) is 9.59 Å². The number of halogens is 4. The predicted octanol–water partition coefficient (Wildman–Crippen LogP) is 4.86. The number of amides is 2. The van der Waals surface area contributed by atoms with Gasteiger partial charge in [0.25, 0.3) is 5.91 Å². The van der Waals surface area contributed by atoms with E-state index < -0.39 is 23.2 Å². The lowest BCUT2D eigenvalue weighted by Crippen LogP contribution is -2.67. The molecule has 7 nitrogen and oxygen atoms in total. The smallest absolute Gasteiger partial charge is 0.417 e. The van der Waals surface area contributed by atoms with Crippen LogP contribution in [0.4, 0.5) is 13.2 Å². The molecule has 4 atom stereocenters. The minimum Gasteiger partial charge on any atom is -0.496 e. The number of alkyl halides is 3. The number of rotatable bonds is 5. The molecular formula is C25H27ClF3N3O4S. The van der Waals surface area contributed by atoms with E-state index in [4.69, 9.17) is 21.1 Å². The second-order valence-electron chi connectivity index (χ2n) is 10.9. The first-order chi connectivity index (χ1) is 17.5. The van der Waals surface area contributed by atoms with E-state index in [-0.39, 0.29) is 62.0 Å². The maximum absolute atomic E-state index is 13.6. The van der Waals surface area contributed by atoms with Gasteiger partial charge in [-0.25, -0.2) is 4.98 Å². The van der Waals surface area contributed by atoms with Gasteiger partial charge in [0.15, 0.2) is 10.1 Å². The quantitative estimate of drug-likeness (QED) is 0.548. The Morgan fingerprint density at radius 1 is 1.19 bits per heavy atom. The number of aromatic nitrogens is 1. The largest absolute Gasteiger partial charge is 0.496 e. The second-order valence-corrected chi connectivity index (χ2v) is 12.4. The van der Waals surface area contributed by atoms with E-state index in [1.807, 2.05) is 0 Å². The van der Waals surface area contributed by atoms with Crippen molar-refractivity contribution in [2.75, 3.05) is 13.7 Å². The highest BCUT2D eigenvalue weighted by atomic mass is 35.5. The maximum atomic E-state index is 13.6. The molecule has 3 aliphatic carbocycles. The lowest BCUT2D eigenvalue weighted by Gasteiger charge is -2.53. The van der Waals surface area contributed by atoms with Crippen LogP contribution in [0.15, 0.2) is 12.1 Å². The normalized spacial score (nSPS) is 34.6. The highest BCUT2D eigenvalue weighted by molar-refractivity contribution is 7.22. The summed E-state index contributed by atoms with van der Waals surface area (Å²) in [6, 6.07) is 3.03. The fourth-order valence-corrected chi connectivity index (χ4v) is 8.15. The van der Waals surface area contributed by atoms with Gasteiger partial charge in [0, 0.05) is 6.04 Å². The van der Waals surface area contributed by atoms with Gasteiger partial charge in [-0.2, -0.15) is 13.2 Å². The molecule has 0 spiro atoms. The molecule has 37 heavy (non-hydrogen) atoms. The first kappa shape index (κ1) is 25.2. The van der Waals surface area contributed by atoms with Crippen molar-refractivity contribution >= 4 is 45.0 Å². The van der Waals surface area contributed by atoms with Crippen molar-refractivity contribution in [3.05, 3.63) is 22.2 Å². The van der Waals surface area contributed by atoms with E-state index in [1.54, 1.807) is 12.1 Å². The van der Waals surface area contributed by atoms with Gasteiger partial charge in [0.1, 0.15) is 11.3 Å². The van der Waals surface area contributed by atoms with Crippen molar-refractivity contribution in [1.82, 2.24) is 15.6 Å². The number of thiazole rings is 1. The lowest BCUT2D eigenvalue weighted by molar-refractivity contribution is -0.317. The molecule has 3 heterocycles. The molecule has 0 unspecified atom stereocenters. The third-order valence-corrected chi connectivity index (χ3v) is 10.2. The van der Waals surface area contributed by atoms with Crippen LogP contribution in [0.2, 0.25) is 4.47 Å². The molecule has 12 heteroatoms. The number of nitrogens with zero attached hydrogens (tertiary/aromatic N) is 1. The standard InChI is InChI=1S/C25H27ClF3N3O4S/c1-35-15-5-4-14-19(37-22(26)30-14)17(15)20(33)31-18-13-3-2-12(10-13)16(18)21(34)32-23-6-8-24(9-7-23,36-11-23)25(27,28)29/h4-5,12-13,16,18H,2-3,6-11H2,1H3,(H,31,33)(H,32,34)/t12-,13+,16+,18-,23?,24?/m1/s1. The van der Waals surface area contributed by atoms with Crippen LogP contribution < -0.4 is 15.4 Å².